The van der Waals surface area contributed by atoms with Gasteiger partial charge in [0.15, 0.2) is 0 Å². The number of carbonyl (C=O) groups is 2. The highest BCUT2D eigenvalue weighted by Gasteiger charge is 2.25. The van der Waals surface area contributed by atoms with Gasteiger partial charge >= 0.3 is 0 Å². The number of amides is 2. The Hall–Kier alpha value is -3.11. The van der Waals surface area contributed by atoms with Gasteiger partial charge in [0.05, 0.1) is 12.2 Å². The molecule has 0 bridgehead atoms. The number of anilines is 1. The molecule has 1 aromatic carbocycles. The van der Waals surface area contributed by atoms with Gasteiger partial charge in [-0.1, -0.05) is 12.1 Å². The molecule has 3 N–H and O–H groups in total. The van der Waals surface area contributed by atoms with Crippen LogP contribution in [0.15, 0.2) is 29.8 Å². The highest BCUT2D eigenvalue weighted by atomic mass is 32.1. The molecule has 1 heterocycles. The molecule has 28 heavy (non-hydrogen) atoms. The first-order valence-corrected chi connectivity index (χ1v) is 9.95. The van der Waals surface area contributed by atoms with Crippen molar-refractivity contribution in [2.45, 2.75) is 32.6 Å². The summed E-state index contributed by atoms with van der Waals surface area (Å²) >= 11 is 1.37. The fourth-order valence-corrected chi connectivity index (χ4v) is 4.52. The Morgan fingerprint density at radius 2 is 2.00 bits per heavy atom. The van der Waals surface area contributed by atoms with E-state index in [1.807, 2.05) is 13.0 Å². The molecular formula is C21H21N3O3S. The average molecular weight is 395 g/mol. The topological polar surface area (TPSA) is 105 Å². The Labute approximate surface area is 167 Å². The van der Waals surface area contributed by atoms with Crippen molar-refractivity contribution in [1.82, 2.24) is 0 Å². The lowest BCUT2D eigenvalue weighted by molar-refractivity contribution is -0.112. The van der Waals surface area contributed by atoms with Crippen molar-refractivity contribution in [3.05, 3.63) is 51.4 Å². The number of thiophene rings is 1. The van der Waals surface area contributed by atoms with E-state index in [0.717, 1.165) is 41.9 Å². The van der Waals surface area contributed by atoms with Crippen LogP contribution in [0.1, 0.15) is 46.1 Å². The monoisotopic (exact) mass is 395 g/mol. The second-order valence-electron chi connectivity index (χ2n) is 6.41. The average Bonchev–Trinajstić information content (AvgIpc) is 3.05. The molecule has 6 nitrogen and oxygen atoms in total. The van der Waals surface area contributed by atoms with E-state index in [9.17, 15) is 14.9 Å². The summed E-state index contributed by atoms with van der Waals surface area (Å²) in [6, 6.07) is 9.03. The van der Waals surface area contributed by atoms with Crippen molar-refractivity contribution in [3.63, 3.8) is 0 Å². The molecule has 0 atom stereocenters. The number of nitrogens with two attached hydrogens (primary N) is 1. The number of nitrogens with zero attached hydrogens (tertiary/aromatic N) is 1. The van der Waals surface area contributed by atoms with Crippen molar-refractivity contribution in [2.75, 3.05) is 11.9 Å². The summed E-state index contributed by atoms with van der Waals surface area (Å²) in [6.45, 7) is 2.46. The van der Waals surface area contributed by atoms with Crippen LogP contribution in [0.4, 0.5) is 5.00 Å². The Morgan fingerprint density at radius 1 is 1.29 bits per heavy atom. The van der Waals surface area contributed by atoms with Gasteiger partial charge in [-0.05, 0) is 61.9 Å². The Kier molecular flexibility index (Phi) is 6.12. The van der Waals surface area contributed by atoms with Gasteiger partial charge in [-0.15, -0.1) is 11.3 Å². The number of nitriles is 1. The van der Waals surface area contributed by atoms with E-state index in [2.05, 4.69) is 5.32 Å². The minimum Gasteiger partial charge on any atom is -0.494 e. The minimum absolute atomic E-state index is 0.0500. The van der Waals surface area contributed by atoms with Gasteiger partial charge in [-0.25, -0.2) is 0 Å². The number of ether oxygens (including phenoxy) is 1. The van der Waals surface area contributed by atoms with Crippen LogP contribution in [-0.4, -0.2) is 18.4 Å². The molecule has 0 fully saturated rings. The lowest BCUT2D eigenvalue weighted by Crippen LogP contribution is -2.19. The molecule has 2 amide bonds. The van der Waals surface area contributed by atoms with E-state index in [1.54, 1.807) is 24.3 Å². The number of aryl methyl sites for hydroxylation is 1. The zero-order chi connectivity index (χ0) is 20.1. The molecule has 3 rings (SSSR count). The van der Waals surface area contributed by atoms with E-state index in [4.69, 9.17) is 10.5 Å². The molecular weight excluding hydrogens is 374 g/mol. The zero-order valence-electron chi connectivity index (χ0n) is 15.6. The number of carbonyl (C=O) groups excluding carboxylic acids is 2. The van der Waals surface area contributed by atoms with Crippen molar-refractivity contribution in [2.24, 2.45) is 5.73 Å². The van der Waals surface area contributed by atoms with Gasteiger partial charge in [-0.2, -0.15) is 5.26 Å². The van der Waals surface area contributed by atoms with Crippen molar-refractivity contribution in [1.29, 1.82) is 5.26 Å². The summed E-state index contributed by atoms with van der Waals surface area (Å²) in [5, 5.41) is 12.6. The quantitative estimate of drug-likeness (QED) is 0.575. The number of nitrogens with one attached hydrogen (secondary N) is 1. The van der Waals surface area contributed by atoms with Gasteiger partial charge in [-0.3, -0.25) is 9.59 Å². The Morgan fingerprint density at radius 3 is 2.64 bits per heavy atom. The number of benzene rings is 1. The molecule has 0 unspecified atom stereocenters. The molecule has 0 spiro atoms. The van der Waals surface area contributed by atoms with Gasteiger partial charge < -0.3 is 15.8 Å². The number of primary amides is 1. The normalized spacial score (nSPS) is 13.4. The maximum atomic E-state index is 12.6. The highest BCUT2D eigenvalue weighted by Crippen LogP contribution is 2.38. The van der Waals surface area contributed by atoms with E-state index in [-0.39, 0.29) is 5.57 Å². The summed E-state index contributed by atoms with van der Waals surface area (Å²) in [5.74, 6) is -0.390. The van der Waals surface area contributed by atoms with Gasteiger partial charge in [0.2, 0.25) is 0 Å². The molecule has 2 aromatic rings. The molecule has 0 aliphatic heterocycles. The molecule has 0 saturated carbocycles. The first-order chi connectivity index (χ1) is 13.5. The highest BCUT2D eigenvalue weighted by molar-refractivity contribution is 7.17. The Balaban J connectivity index is 1.84. The summed E-state index contributed by atoms with van der Waals surface area (Å²) in [6.07, 6.45) is 5.22. The van der Waals surface area contributed by atoms with E-state index >= 15 is 0 Å². The van der Waals surface area contributed by atoms with Crippen LogP contribution in [0, 0.1) is 11.3 Å². The lowest BCUT2D eigenvalue weighted by Gasteiger charge is -2.11. The van der Waals surface area contributed by atoms with Crippen LogP contribution in [0.5, 0.6) is 5.75 Å². The minimum atomic E-state index is -0.558. The van der Waals surface area contributed by atoms with Gasteiger partial charge in [0.1, 0.15) is 22.4 Å². The first-order valence-electron chi connectivity index (χ1n) is 9.13. The predicted molar refractivity (Wildman–Crippen MR) is 109 cm³/mol. The van der Waals surface area contributed by atoms with Crippen molar-refractivity contribution in [3.8, 4) is 11.8 Å². The Bertz CT molecular complexity index is 968. The maximum absolute atomic E-state index is 12.6. The molecule has 144 valence electrons. The summed E-state index contributed by atoms with van der Waals surface area (Å²) < 4.78 is 5.39. The third-order valence-electron chi connectivity index (χ3n) is 4.51. The summed E-state index contributed by atoms with van der Waals surface area (Å²) in [7, 11) is 0. The smallest absolute Gasteiger partial charge is 0.266 e. The maximum Gasteiger partial charge on any atom is 0.266 e. The second-order valence-corrected chi connectivity index (χ2v) is 7.51. The van der Waals surface area contributed by atoms with Crippen LogP contribution >= 0.6 is 11.3 Å². The molecule has 7 heteroatoms. The SMILES string of the molecule is CCOc1ccc(/C=C(\C#N)C(=O)Nc2sc3c(c2C(N)=O)CCCC3)cc1. The molecule has 1 aromatic heterocycles. The van der Waals surface area contributed by atoms with Gasteiger partial charge in [0.25, 0.3) is 11.8 Å². The largest absolute Gasteiger partial charge is 0.494 e. The summed E-state index contributed by atoms with van der Waals surface area (Å²) in [4.78, 5) is 25.7. The second kappa shape index (κ2) is 8.72. The van der Waals surface area contributed by atoms with Crippen LogP contribution in [0.2, 0.25) is 0 Å². The van der Waals surface area contributed by atoms with Crippen molar-refractivity contribution >= 4 is 34.2 Å². The standard InChI is InChI=1S/C21H21N3O3S/c1-2-27-15-9-7-13(8-10-15)11-14(12-22)20(26)24-21-18(19(23)25)16-5-3-4-6-17(16)28-21/h7-11H,2-6H2,1H3,(H2,23,25)(H,24,26)/b14-11+. The fraction of sp³-hybridized carbons (Fsp3) is 0.286. The van der Waals surface area contributed by atoms with E-state index in [0.29, 0.717) is 22.7 Å². The molecule has 1 aliphatic rings. The van der Waals surface area contributed by atoms with Crippen LogP contribution < -0.4 is 15.8 Å². The molecule has 1 aliphatic carbocycles. The van der Waals surface area contributed by atoms with E-state index in [1.165, 1.54) is 17.4 Å². The lowest BCUT2D eigenvalue weighted by atomic mass is 9.95. The first kappa shape index (κ1) is 19.6. The van der Waals surface area contributed by atoms with Crippen LogP contribution in [0.25, 0.3) is 6.08 Å². The molecule has 0 radical (unpaired) electrons. The third-order valence-corrected chi connectivity index (χ3v) is 5.72. The number of fused-ring (bicyclic) bond motifs is 1. The predicted octanol–water partition coefficient (Wildman–Crippen LogP) is 3.67. The van der Waals surface area contributed by atoms with E-state index < -0.39 is 11.8 Å². The number of rotatable bonds is 6. The third kappa shape index (κ3) is 4.24. The van der Waals surface area contributed by atoms with Crippen molar-refractivity contribution < 1.29 is 14.3 Å². The summed E-state index contributed by atoms with van der Waals surface area (Å²) in [5.41, 5.74) is 7.53. The zero-order valence-corrected chi connectivity index (χ0v) is 16.4. The van der Waals surface area contributed by atoms with Gasteiger partial charge in [0, 0.05) is 4.88 Å². The van der Waals surface area contributed by atoms with Crippen LogP contribution in [-0.2, 0) is 17.6 Å². The molecule has 0 saturated heterocycles. The van der Waals surface area contributed by atoms with Crippen LogP contribution in [0.3, 0.4) is 0 Å². The number of hydrogen-bond donors (Lipinski definition) is 2. The fourth-order valence-electron chi connectivity index (χ4n) is 3.23. The number of hydrogen-bond acceptors (Lipinski definition) is 5.